The Labute approximate surface area is 172 Å². The molecule has 0 bridgehead atoms. The lowest BCUT2D eigenvalue weighted by Gasteiger charge is -2.28. The molecule has 1 aromatic carbocycles. The third-order valence-corrected chi connectivity index (χ3v) is 6.06. The Hall–Kier alpha value is -1.58. The van der Waals surface area contributed by atoms with E-state index < -0.39 is 0 Å². The van der Waals surface area contributed by atoms with Crippen molar-refractivity contribution in [2.75, 3.05) is 51.3 Å². The monoisotopic (exact) mass is 382 g/mol. The summed E-state index contributed by atoms with van der Waals surface area (Å²) in [6.07, 6.45) is 13.2. The SMILES string of the molecule is CN(CCCCN1CCOCC1)c1ccc(C=CC2=CCCC(C)(C)C2)cc1. The first kappa shape index (κ1) is 21.1. The fourth-order valence-electron chi connectivity index (χ4n) is 4.17. The Bertz CT molecular complexity index is 654. The van der Waals surface area contributed by atoms with E-state index >= 15 is 0 Å². The van der Waals surface area contributed by atoms with Crippen LogP contribution in [0.4, 0.5) is 5.69 Å². The molecule has 2 aliphatic rings. The number of ether oxygens (including phenoxy) is 1. The number of rotatable bonds is 8. The lowest BCUT2D eigenvalue weighted by atomic mass is 9.77. The average molecular weight is 383 g/mol. The van der Waals surface area contributed by atoms with E-state index in [-0.39, 0.29) is 0 Å². The zero-order chi connectivity index (χ0) is 19.8. The number of benzene rings is 1. The van der Waals surface area contributed by atoms with E-state index in [0.717, 1.165) is 32.8 Å². The smallest absolute Gasteiger partial charge is 0.0594 e. The Morgan fingerprint density at radius 3 is 2.54 bits per heavy atom. The molecule has 1 aliphatic heterocycles. The summed E-state index contributed by atoms with van der Waals surface area (Å²) in [5.41, 5.74) is 4.52. The third kappa shape index (κ3) is 6.79. The lowest BCUT2D eigenvalue weighted by molar-refractivity contribution is 0.0372. The Balaban J connectivity index is 1.41. The predicted octanol–water partition coefficient (Wildman–Crippen LogP) is 5.38. The van der Waals surface area contributed by atoms with Crippen LogP contribution in [0, 0.1) is 5.41 Å². The van der Waals surface area contributed by atoms with Gasteiger partial charge in [0.15, 0.2) is 0 Å². The van der Waals surface area contributed by atoms with Crippen LogP contribution in [0.15, 0.2) is 42.0 Å². The number of nitrogens with zero attached hydrogens (tertiary/aromatic N) is 2. The fourth-order valence-corrected chi connectivity index (χ4v) is 4.17. The zero-order valence-electron chi connectivity index (χ0n) is 18.1. The molecule has 3 heteroatoms. The summed E-state index contributed by atoms with van der Waals surface area (Å²) in [5.74, 6) is 0. The van der Waals surface area contributed by atoms with Crippen molar-refractivity contribution in [3.8, 4) is 0 Å². The predicted molar refractivity (Wildman–Crippen MR) is 121 cm³/mol. The van der Waals surface area contributed by atoms with Crippen molar-refractivity contribution in [3.63, 3.8) is 0 Å². The Morgan fingerprint density at radius 2 is 1.82 bits per heavy atom. The molecule has 0 atom stereocenters. The molecule has 28 heavy (non-hydrogen) atoms. The van der Waals surface area contributed by atoms with Gasteiger partial charge in [-0.15, -0.1) is 0 Å². The van der Waals surface area contributed by atoms with E-state index in [2.05, 4.69) is 73.2 Å². The minimum Gasteiger partial charge on any atom is -0.379 e. The molecule has 0 N–H and O–H groups in total. The van der Waals surface area contributed by atoms with Gasteiger partial charge in [0.25, 0.3) is 0 Å². The standard InChI is InChI=1S/C25H38N2O/c1-25(2)14-6-7-23(21-25)9-8-22-10-12-24(13-11-22)26(3)15-4-5-16-27-17-19-28-20-18-27/h7-13H,4-6,14-21H2,1-3H3. The molecule has 3 nitrogen and oxygen atoms in total. The van der Waals surface area contributed by atoms with Crippen molar-refractivity contribution in [2.45, 2.75) is 46.0 Å². The first-order valence-corrected chi connectivity index (χ1v) is 11.0. The maximum Gasteiger partial charge on any atom is 0.0594 e. The minimum absolute atomic E-state index is 0.447. The number of hydrogen-bond acceptors (Lipinski definition) is 3. The van der Waals surface area contributed by atoms with Gasteiger partial charge in [0, 0.05) is 32.4 Å². The van der Waals surface area contributed by atoms with Gasteiger partial charge in [0.05, 0.1) is 13.2 Å². The number of unbranched alkanes of at least 4 members (excludes halogenated alkanes) is 1. The van der Waals surface area contributed by atoms with Crippen LogP contribution in [0.3, 0.4) is 0 Å². The molecule has 3 rings (SSSR count). The largest absolute Gasteiger partial charge is 0.379 e. The Kier molecular flexibility index (Phi) is 7.75. The normalized spacial score (nSPS) is 20.3. The second-order valence-corrected chi connectivity index (χ2v) is 9.17. The van der Waals surface area contributed by atoms with Crippen molar-refractivity contribution in [1.82, 2.24) is 4.90 Å². The highest BCUT2D eigenvalue weighted by Crippen LogP contribution is 2.35. The molecule has 0 spiro atoms. The van der Waals surface area contributed by atoms with Gasteiger partial charge in [-0.2, -0.15) is 0 Å². The summed E-state index contributed by atoms with van der Waals surface area (Å²) in [7, 11) is 2.20. The van der Waals surface area contributed by atoms with Gasteiger partial charge < -0.3 is 9.64 Å². The van der Waals surface area contributed by atoms with Crippen molar-refractivity contribution >= 4 is 11.8 Å². The van der Waals surface area contributed by atoms with Crippen LogP contribution >= 0.6 is 0 Å². The summed E-state index contributed by atoms with van der Waals surface area (Å²) in [4.78, 5) is 4.90. The second kappa shape index (κ2) is 10.3. The van der Waals surface area contributed by atoms with E-state index in [0.29, 0.717) is 5.41 Å². The molecular weight excluding hydrogens is 344 g/mol. The van der Waals surface area contributed by atoms with Crippen molar-refractivity contribution in [3.05, 3.63) is 47.6 Å². The van der Waals surface area contributed by atoms with Gasteiger partial charge in [-0.05, 0) is 61.8 Å². The topological polar surface area (TPSA) is 15.7 Å². The molecule has 1 aliphatic carbocycles. The summed E-state index contributed by atoms with van der Waals surface area (Å²) < 4.78 is 5.41. The summed E-state index contributed by atoms with van der Waals surface area (Å²) in [5, 5.41) is 0. The van der Waals surface area contributed by atoms with Gasteiger partial charge in [0.2, 0.25) is 0 Å². The summed E-state index contributed by atoms with van der Waals surface area (Å²) >= 11 is 0. The first-order valence-electron chi connectivity index (χ1n) is 11.0. The quantitative estimate of drug-likeness (QED) is 0.561. The second-order valence-electron chi connectivity index (χ2n) is 9.17. The van der Waals surface area contributed by atoms with E-state index in [4.69, 9.17) is 4.74 Å². The molecule has 1 aromatic rings. The molecule has 1 saturated heterocycles. The van der Waals surface area contributed by atoms with Crippen LogP contribution in [0.1, 0.15) is 51.5 Å². The van der Waals surface area contributed by atoms with Crippen LogP contribution in [-0.4, -0.2) is 51.3 Å². The van der Waals surface area contributed by atoms with Gasteiger partial charge >= 0.3 is 0 Å². The molecular formula is C25H38N2O. The molecule has 0 aromatic heterocycles. The van der Waals surface area contributed by atoms with Crippen molar-refractivity contribution in [1.29, 1.82) is 0 Å². The number of hydrogen-bond donors (Lipinski definition) is 0. The van der Waals surface area contributed by atoms with Crippen LogP contribution in [0.25, 0.3) is 6.08 Å². The summed E-state index contributed by atoms with van der Waals surface area (Å²) in [6, 6.07) is 8.98. The highest BCUT2D eigenvalue weighted by molar-refractivity contribution is 5.57. The molecule has 1 fully saturated rings. The van der Waals surface area contributed by atoms with Crippen LogP contribution < -0.4 is 4.90 Å². The highest BCUT2D eigenvalue weighted by atomic mass is 16.5. The van der Waals surface area contributed by atoms with E-state index in [1.165, 1.54) is 55.5 Å². The number of morpholine rings is 1. The maximum atomic E-state index is 5.41. The first-order chi connectivity index (χ1) is 13.5. The van der Waals surface area contributed by atoms with Gasteiger partial charge in [0.1, 0.15) is 0 Å². The number of allylic oxidation sites excluding steroid dienone is 3. The molecule has 1 heterocycles. The number of anilines is 1. The molecule has 0 unspecified atom stereocenters. The molecule has 0 saturated carbocycles. The van der Waals surface area contributed by atoms with Crippen LogP contribution in [-0.2, 0) is 4.74 Å². The van der Waals surface area contributed by atoms with E-state index in [1.54, 1.807) is 0 Å². The molecule has 0 radical (unpaired) electrons. The summed E-state index contributed by atoms with van der Waals surface area (Å²) in [6.45, 7) is 11.1. The molecule has 0 amide bonds. The van der Waals surface area contributed by atoms with E-state index in [9.17, 15) is 0 Å². The van der Waals surface area contributed by atoms with Crippen molar-refractivity contribution in [2.24, 2.45) is 5.41 Å². The lowest BCUT2D eigenvalue weighted by Crippen LogP contribution is -2.37. The van der Waals surface area contributed by atoms with E-state index in [1.807, 2.05) is 0 Å². The third-order valence-electron chi connectivity index (χ3n) is 6.06. The average Bonchev–Trinajstić information content (AvgIpc) is 2.70. The van der Waals surface area contributed by atoms with Gasteiger partial charge in [-0.3, -0.25) is 4.90 Å². The van der Waals surface area contributed by atoms with Gasteiger partial charge in [-0.1, -0.05) is 49.8 Å². The van der Waals surface area contributed by atoms with Crippen LogP contribution in [0.5, 0.6) is 0 Å². The Morgan fingerprint density at radius 1 is 1.07 bits per heavy atom. The van der Waals surface area contributed by atoms with Gasteiger partial charge in [-0.25, -0.2) is 0 Å². The fraction of sp³-hybridized carbons (Fsp3) is 0.600. The minimum atomic E-state index is 0.447. The highest BCUT2D eigenvalue weighted by Gasteiger charge is 2.21. The van der Waals surface area contributed by atoms with Crippen LogP contribution in [0.2, 0.25) is 0 Å². The maximum absolute atomic E-state index is 5.41. The molecule has 154 valence electrons. The van der Waals surface area contributed by atoms with Crippen molar-refractivity contribution < 1.29 is 4.74 Å². The zero-order valence-corrected chi connectivity index (χ0v) is 18.1.